The molecule has 1 rings (SSSR count). The van der Waals surface area contributed by atoms with Crippen LogP contribution in [-0.2, 0) is 11.2 Å². The molecule has 1 aromatic carbocycles. The summed E-state index contributed by atoms with van der Waals surface area (Å²) in [7, 11) is 0. The summed E-state index contributed by atoms with van der Waals surface area (Å²) < 4.78 is 0. The van der Waals surface area contributed by atoms with Crippen molar-refractivity contribution in [2.45, 2.75) is 25.8 Å². The molecule has 0 heterocycles. The van der Waals surface area contributed by atoms with Crippen LogP contribution in [0.5, 0.6) is 0 Å². The first-order valence-corrected chi connectivity index (χ1v) is 8.24. The number of thioether (sulfide) groups is 1. The molecular weight excluding hydrogens is 288 g/mol. The minimum absolute atomic E-state index is 0.418. The van der Waals surface area contributed by atoms with E-state index in [1.165, 1.54) is 5.56 Å². The van der Waals surface area contributed by atoms with E-state index < -0.39 is 18.0 Å². The molecule has 6 heteroatoms. The molecule has 0 spiro atoms. The number of benzene rings is 1. The second kappa shape index (κ2) is 9.28. The van der Waals surface area contributed by atoms with Crippen molar-refractivity contribution in [3.8, 4) is 0 Å². The third-order valence-electron chi connectivity index (χ3n) is 3.00. The standard InChI is InChI=1S/C15H22N2O3S/c1-11-4-3-5-12(10-11)6-8-16-15(20)17-13(14(18)19)7-9-21-2/h3-5,10,13H,6-9H2,1-2H3,(H,18,19)(H2,16,17,20)/t13-/m0/s1. The van der Waals surface area contributed by atoms with Crippen molar-refractivity contribution in [2.75, 3.05) is 18.6 Å². The Balaban J connectivity index is 2.34. The molecule has 3 N–H and O–H groups in total. The maximum atomic E-state index is 11.7. The van der Waals surface area contributed by atoms with Gasteiger partial charge < -0.3 is 15.7 Å². The first kappa shape index (κ1) is 17.4. The fourth-order valence-corrected chi connectivity index (χ4v) is 2.36. The van der Waals surface area contributed by atoms with Crippen LogP contribution in [0.3, 0.4) is 0 Å². The Morgan fingerprint density at radius 1 is 1.38 bits per heavy atom. The van der Waals surface area contributed by atoms with Gasteiger partial charge in [0.05, 0.1) is 0 Å². The summed E-state index contributed by atoms with van der Waals surface area (Å²) in [5.74, 6) is -0.307. The zero-order chi connectivity index (χ0) is 15.7. The van der Waals surface area contributed by atoms with Crippen LogP contribution in [0.15, 0.2) is 24.3 Å². The Morgan fingerprint density at radius 2 is 2.14 bits per heavy atom. The molecule has 0 saturated carbocycles. The van der Waals surface area contributed by atoms with Gasteiger partial charge in [-0.05, 0) is 37.3 Å². The van der Waals surface area contributed by atoms with Gasteiger partial charge in [0.15, 0.2) is 0 Å². The van der Waals surface area contributed by atoms with Gasteiger partial charge in [0.2, 0.25) is 0 Å². The minimum Gasteiger partial charge on any atom is -0.480 e. The summed E-state index contributed by atoms with van der Waals surface area (Å²) in [6.07, 6.45) is 3.04. The Bertz CT molecular complexity index is 480. The highest BCUT2D eigenvalue weighted by atomic mass is 32.2. The number of urea groups is 1. The molecule has 21 heavy (non-hydrogen) atoms. The van der Waals surface area contributed by atoms with Crippen molar-refractivity contribution in [1.29, 1.82) is 0 Å². The van der Waals surface area contributed by atoms with Gasteiger partial charge in [0.25, 0.3) is 0 Å². The Labute approximate surface area is 129 Å². The average molecular weight is 310 g/mol. The van der Waals surface area contributed by atoms with Gasteiger partial charge in [-0.15, -0.1) is 0 Å². The summed E-state index contributed by atoms with van der Waals surface area (Å²) in [5.41, 5.74) is 2.33. The van der Waals surface area contributed by atoms with E-state index in [1.807, 2.05) is 31.4 Å². The van der Waals surface area contributed by atoms with Gasteiger partial charge in [-0.25, -0.2) is 9.59 Å². The van der Waals surface area contributed by atoms with E-state index in [0.717, 1.165) is 12.0 Å². The van der Waals surface area contributed by atoms with Crippen LogP contribution in [0.1, 0.15) is 17.5 Å². The highest BCUT2D eigenvalue weighted by Crippen LogP contribution is 2.04. The number of carbonyl (C=O) groups is 2. The van der Waals surface area contributed by atoms with Crippen molar-refractivity contribution in [3.63, 3.8) is 0 Å². The number of rotatable bonds is 8. The number of carboxylic acid groups (broad SMARTS) is 1. The van der Waals surface area contributed by atoms with Crippen molar-refractivity contribution in [1.82, 2.24) is 10.6 Å². The van der Waals surface area contributed by atoms with Gasteiger partial charge in [0.1, 0.15) is 6.04 Å². The predicted molar refractivity (Wildman–Crippen MR) is 85.8 cm³/mol. The van der Waals surface area contributed by atoms with Crippen molar-refractivity contribution >= 4 is 23.8 Å². The van der Waals surface area contributed by atoms with Gasteiger partial charge in [0, 0.05) is 6.54 Å². The van der Waals surface area contributed by atoms with E-state index in [0.29, 0.717) is 18.7 Å². The highest BCUT2D eigenvalue weighted by molar-refractivity contribution is 7.98. The monoisotopic (exact) mass is 310 g/mol. The normalized spacial score (nSPS) is 11.7. The fourth-order valence-electron chi connectivity index (χ4n) is 1.89. The second-order valence-electron chi connectivity index (χ2n) is 4.81. The largest absolute Gasteiger partial charge is 0.480 e. The minimum atomic E-state index is -1.00. The molecule has 0 fully saturated rings. The number of aliphatic carboxylic acids is 1. The average Bonchev–Trinajstić information content (AvgIpc) is 2.43. The molecule has 0 aliphatic heterocycles. The highest BCUT2D eigenvalue weighted by Gasteiger charge is 2.18. The van der Waals surface area contributed by atoms with Crippen LogP contribution in [0.25, 0.3) is 0 Å². The molecule has 0 unspecified atom stereocenters. The van der Waals surface area contributed by atoms with Gasteiger partial charge in [-0.2, -0.15) is 11.8 Å². The SMILES string of the molecule is CSCC[C@H](NC(=O)NCCc1cccc(C)c1)C(=O)O. The van der Waals surface area contributed by atoms with Crippen molar-refractivity contribution in [3.05, 3.63) is 35.4 Å². The van der Waals surface area contributed by atoms with Crippen molar-refractivity contribution < 1.29 is 14.7 Å². The van der Waals surface area contributed by atoms with E-state index in [9.17, 15) is 9.59 Å². The number of carboxylic acids is 1. The molecule has 0 aliphatic rings. The summed E-state index contributed by atoms with van der Waals surface area (Å²) in [6.45, 7) is 2.50. The summed E-state index contributed by atoms with van der Waals surface area (Å²) >= 11 is 1.56. The summed E-state index contributed by atoms with van der Waals surface area (Å²) in [5, 5.41) is 14.2. The summed E-state index contributed by atoms with van der Waals surface area (Å²) in [6, 6.07) is 6.80. The van der Waals surface area contributed by atoms with E-state index in [2.05, 4.69) is 16.7 Å². The molecule has 0 radical (unpaired) electrons. The molecule has 1 aromatic rings. The van der Waals surface area contributed by atoms with Crippen LogP contribution in [0.4, 0.5) is 4.79 Å². The van der Waals surface area contributed by atoms with Crippen LogP contribution in [0, 0.1) is 6.92 Å². The quantitative estimate of drug-likeness (QED) is 0.686. The number of aryl methyl sites for hydroxylation is 1. The molecular formula is C15H22N2O3S. The first-order chi connectivity index (χ1) is 10.0. The zero-order valence-electron chi connectivity index (χ0n) is 12.4. The summed E-state index contributed by atoms with van der Waals surface area (Å²) in [4.78, 5) is 22.7. The number of carbonyl (C=O) groups excluding carboxylic acids is 1. The molecule has 0 aliphatic carbocycles. The molecule has 0 aromatic heterocycles. The van der Waals surface area contributed by atoms with Gasteiger partial charge in [-0.1, -0.05) is 29.8 Å². The molecule has 0 saturated heterocycles. The zero-order valence-corrected chi connectivity index (χ0v) is 13.2. The Hall–Kier alpha value is -1.69. The van der Waals surface area contributed by atoms with Crippen molar-refractivity contribution in [2.24, 2.45) is 0 Å². The lowest BCUT2D eigenvalue weighted by molar-refractivity contribution is -0.139. The number of hydrogen-bond acceptors (Lipinski definition) is 3. The lowest BCUT2D eigenvalue weighted by Gasteiger charge is -2.14. The van der Waals surface area contributed by atoms with Crippen LogP contribution in [-0.4, -0.2) is 41.7 Å². The molecule has 0 bridgehead atoms. The lowest BCUT2D eigenvalue weighted by atomic mass is 10.1. The Morgan fingerprint density at radius 3 is 2.76 bits per heavy atom. The fraction of sp³-hybridized carbons (Fsp3) is 0.467. The van der Waals surface area contributed by atoms with Crippen LogP contribution in [0.2, 0.25) is 0 Å². The maximum absolute atomic E-state index is 11.7. The second-order valence-corrected chi connectivity index (χ2v) is 5.80. The van der Waals surface area contributed by atoms with E-state index >= 15 is 0 Å². The van der Waals surface area contributed by atoms with Crippen LogP contribution < -0.4 is 10.6 Å². The van der Waals surface area contributed by atoms with Crippen LogP contribution >= 0.6 is 11.8 Å². The van der Waals surface area contributed by atoms with E-state index in [4.69, 9.17) is 5.11 Å². The van der Waals surface area contributed by atoms with Gasteiger partial charge in [-0.3, -0.25) is 0 Å². The van der Waals surface area contributed by atoms with E-state index in [-0.39, 0.29) is 0 Å². The van der Waals surface area contributed by atoms with E-state index in [1.54, 1.807) is 11.8 Å². The number of hydrogen-bond donors (Lipinski definition) is 3. The third-order valence-corrected chi connectivity index (χ3v) is 3.64. The predicted octanol–water partition coefficient (Wildman–Crippen LogP) is 2.04. The molecule has 2 amide bonds. The Kier molecular flexibility index (Phi) is 7.68. The number of amides is 2. The number of nitrogens with one attached hydrogen (secondary N) is 2. The molecule has 116 valence electrons. The first-order valence-electron chi connectivity index (χ1n) is 6.84. The maximum Gasteiger partial charge on any atom is 0.326 e. The molecule has 5 nitrogen and oxygen atoms in total. The van der Waals surface area contributed by atoms with Gasteiger partial charge >= 0.3 is 12.0 Å². The smallest absolute Gasteiger partial charge is 0.326 e. The third kappa shape index (κ3) is 7.04. The molecule has 1 atom stereocenters. The lowest BCUT2D eigenvalue weighted by Crippen LogP contribution is -2.46. The topological polar surface area (TPSA) is 78.4 Å².